The van der Waals surface area contributed by atoms with Crippen LogP contribution in [-0.2, 0) is 28.6 Å². The SMILES string of the molecule is CC/C=C\C/C=C\C/C=C\C/C=C\C/C=C\C/C=C\CCCCCCCCCCCCC(=O)OCC(COC(=O)CCCCCCCCCC)OC(=O)CCCCCCCCCC. The second-order valence-electron chi connectivity index (χ2n) is 17.4. The molecular formula is C57H98O6. The fourth-order valence-corrected chi connectivity index (χ4v) is 7.27. The molecule has 0 aliphatic heterocycles. The molecule has 6 nitrogen and oxygen atoms in total. The standard InChI is InChI=1S/C57H98O6/c1-4-7-10-13-16-19-20-21-22-23-24-25-26-27-28-29-30-31-32-33-34-35-36-37-38-39-42-44-47-50-56(59)62-53-54(63-57(60)51-48-45-41-18-15-12-9-6-3)52-61-55(58)49-46-43-40-17-14-11-8-5-2/h7,10,16,19,21-22,24-25,27-28,30-31,54H,4-6,8-9,11-15,17-18,20,23,26,29,32-53H2,1-3H3/b10-7-,19-16-,22-21-,25-24-,28-27-,31-30-. The number of ether oxygens (including phenoxy) is 3. The Bertz CT molecular complexity index is 1190. The summed E-state index contributed by atoms with van der Waals surface area (Å²) < 4.78 is 16.7. The van der Waals surface area contributed by atoms with Crippen molar-refractivity contribution in [3.05, 3.63) is 72.9 Å². The van der Waals surface area contributed by atoms with E-state index in [9.17, 15) is 14.4 Å². The molecule has 0 aliphatic rings. The first-order valence-electron chi connectivity index (χ1n) is 26.4. The second-order valence-corrected chi connectivity index (χ2v) is 17.4. The number of carbonyl (C=O) groups excluding carboxylic acids is 3. The Hall–Kier alpha value is -3.15. The Morgan fingerprint density at radius 1 is 0.333 bits per heavy atom. The molecule has 0 aromatic rings. The highest BCUT2D eigenvalue weighted by atomic mass is 16.6. The first-order valence-corrected chi connectivity index (χ1v) is 26.4. The lowest BCUT2D eigenvalue weighted by molar-refractivity contribution is -0.167. The summed E-state index contributed by atoms with van der Waals surface area (Å²) in [6.45, 7) is 6.46. The van der Waals surface area contributed by atoms with Gasteiger partial charge in [0, 0.05) is 19.3 Å². The average molecular weight is 879 g/mol. The molecular weight excluding hydrogens is 781 g/mol. The Labute approximate surface area is 389 Å². The van der Waals surface area contributed by atoms with Gasteiger partial charge in [0.05, 0.1) is 0 Å². The monoisotopic (exact) mass is 879 g/mol. The molecule has 362 valence electrons. The molecule has 0 aromatic carbocycles. The molecule has 0 saturated carbocycles. The third kappa shape index (κ3) is 49.7. The summed E-state index contributed by atoms with van der Waals surface area (Å²) in [4.78, 5) is 37.7. The van der Waals surface area contributed by atoms with E-state index in [4.69, 9.17) is 14.2 Å². The summed E-state index contributed by atoms with van der Waals surface area (Å²) in [6.07, 6.45) is 64.9. The summed E-state index contributed by atoms with van der Waals surface area (Å²) >= 11 is 0. The number of rotatable bonds is 47. The topological polar surface area (TPSA) is 78.9 Å². The van der Waals surface area contributed by atoms with E-state index in [1.165, 1.54) is 116 Å². The molecule has 0 fully saturated rings. The zero-order valence-electron chi connectivity index (χ0n) is 41.3. The van der Waals surface area contributed by atoms with Gasteiger partial charge in [0.25, 0.3) is 0 Å². The van der Waals surface area contributed by atoms with Crippen LogP contribution < -0.4 is 0 Å². The van der Waals surface area contributed by atoms with Crippen LogP contribution in [0.5, 0.6) is 0 Å². The molecule has 0 rings (SSSR count). The van der Waals surface area contributed by atoms with Crippen molar-refractivity contribution in [1.29, 1.82) is 0 Å². The van der Waals surface area contributed by atoms with Crippen LogP contribution >= 0.6 is 0 Å². The summed E-state index contributed by atoms with van der Waals surface area (Å²) in [5.41, 5.74) is 0. The zero-order valence-corrected chi connectivity index (χ0v) is 41.3. The van der Waals surface area contributed by atoms with Gasteiger partial charge in [0.15, 0.2) is 6.10 Å². The van der Waals surface area contributed by atoms with Gasteiger partial charge >= 0.3 is 17.9 Å². The number of unbranched alkanes of at least 4 members (excludes halogenated alkanes) is 24. The van der Waals surface area contributed by atoms with Crippen LogP contribution in [0.4, 0.5) is 0 Å². The van der Waals surface area contributed by atoms with Gasteiger partial charge in [-0.25, -0.2) is 0 Å². The lowest BCUT2D eigenvalue weighted by Gasteiger charge is -2.18. The lowest BCUT2D eigenvalue weighted by atomic mass is 10.1. The predicted molar refractivity (Wildman–Crippen MR) is 270 cm³/mol. The Balaban J connectivity index is 4.06. The molecule has 0 aliphatic carbocycles. The number of carbonyl (C=O) groups is 3. The Kier molecular flexibility index (Phi) is 48.9. The largest absolute Gasteiger partial charge is 0.462 e. The molecule has 0 aromatic heterocycles. The van der Waals surface area contributed by atoms with Gasteiger partial charge in [0.1, 0.15) is 13.2 Å². The van der Waals surface area contributed by atoms with Crippen LogP contribution in [0.15, 0.2) is 72.9 Å². The Morgan fingerprint density at radius 3 is 0.968 bits per heavy atom. The second kappa shape index (κ2) is 51.5. The van der Waals surface area contributed by atoms with E-state index in [1.807, 2.05) is 0 Å². The third-order valence-electron chi connectivity index (χ3n) is 11.2. The fraction of sp³-hybridized carbons (Fsp3) is 0.737. The minimum atomic E-state index is -0.769. The Morgan fingerprint density at radius 2 is 0.619 bits per heavy atom. The third-order valence-corrected chi connectivity index (χ3v) is 11.2. The summed E-state index contributed by atoms with van der Waals surface area (Å²) in [5.74, 6) is -0.885. The number of allylic oxidation sites excluding steroid dienone is 12. The van der Waals surface area contributed by atoms with Crippen LogP contribution in [0, 0.1) is 0 Å². The van der Waals surface area contributed by atoms with Crippen molar-refractivity contribution in [2.75, 3.05) is 13.2 Å². The minimum Gasteiger partial charge on any atom is -0.462 e. The molecule has 0 heterocycles. The quantitative estimate of drug-likeness (QED) is 0.0262. The van der Waals surface area contributed by atoms with Gasteiger partial charge in [-0.15, -0.1) is 0 Å². The van der Waals surface area contributed by atoms with Crippen molar-refractivity contribution in [2.45, 2.75) is 258 Å². The van der Waals surface area contributed by atoms with Gasteiger partial charge in [0.2, 0.25) is 0 Å². The van der Waals surface area contributed by atoms with Crippen molar-refractivity contribution in [2.24, 2.45) is 0 Å². The average Bonchev–Trinajstić information content (AvgIpc) is 3.28. The van der Waals surface area contributed by atoms with Crippen LogP contribution in [0.1, 0.15) is 252 Å². The summed E-state index contributed by atoms with van der Waals surface area (Å²) in [5, 5.41) is 0. The van der Waals surface area contributed by atoms with E-state index in [2.05, 4.69) is 93.7 Å². The number of hydrogen-bond acceptors (Lipinski definition) is 6. The van der Waals surface area contributed by atoms with E-state index in [1.54, 1.807) is 0 Å². The van der Waals surface area contributed by atoms with Gasteiger partial charge in [-0.3, -0.25) is 14.4 Å². The van der Waals surface area contributed by atoms with E-state index >= 15 is 0 Å². The van der Waals surface area contributed by atoms with Crippen molar-refractivity contribution in [3.63, 3.8) is 0 Å². The number of hydrogen-bond donors (Lipinski definition) is 0. The van der Waals surface area contributed by atoms with Crippen LogP contribution in [0.3, 0.4) is 0 Å². The summed E-state index contributed by atoms with van der Waals surface area (Å²) in [7, 11) is 0. The smallest absolute Gasteiger partial charge is 0.306 e. The number of esters is 3. The van der Waals surface area contributed by atoms with Gasteiger partial charge in [-0.1, -0.05) is 235 Å². The molecule has 1 atom stereocenters. The molecule has 0 saturated heterocycles. The molecule has 0 radical (unpaired) electrons. The molecule has 0 N–H and O–H groups in total. The maximum atomic E-state index is 12.7. The molecule has 6 heteroatoms. The van der Waals surface area contributed by atoms with Gasteiger partial charge in [-0.05, 0) is 70.6 Å². The van der Waals surface area contributed by atoms with Crippen molar-refractivity contribution < 1.29 is 28.6 Å². The van der Waals surface area contributed by atoms with Crippen LogP contribution in [0.25, 0.3) is 0 Å². The fourth-order valence-electron chi connectivity index (χ4n) is 7.27. The van der Waals surface area contributed by atoms with Crippen LogP contribution in [0.2, 0.25) is 0 Å². The van der Waals surface area contributed by atoms with Crippen molar-refractivity contribution in [1.82, 2.24) is 0 Å². The van der Waals surface area contributed by atoms with E-state index < -0.39 is 6.10 Å². The maximum Gasteiger partial charge on any atom is 0.306 e. The maximum absolute atomic E-state index is 12.7. The molecule has 63 heavy (non-hydrogen) atoms. The highest BCUT2D eigenvalue weighted by Crippen LogP contribution is 2.15. The minimum absolute atomic E-state index is 0.0736. The van der Waals surface area contributed by atoms with E-state index in [0.29, 0.717) is 19.3 Å². The van der Waals surface area contributed by atoms with Crippen LogP contribution in [-0.4, -0.2) is 37.2 Å². The molecule has 1 unspecified atom stereocenters. The first kappa shape index (κ1) is 59.9. The zero-order chi connectivity index (χ0) is 45.8. The molecule has 0 bridgehead atoms. The highest BCUT2D eigenvalue weighted by molar-refractivity contribution is 5.71. The van der Waals surface area contributed by atoms with E-state index in [-0.39, 0.29) is 31.1 Å². The predicted octanol–water partition coefficient (Wildman–Crippen LogP) is 17.4. The lowest BCUT2D eigenvalue weighted by Crippen LogP contribution is -2.30. The molecule has 0 spiro atoms. The summed E-state index contributed by atoms with van der Waals surface area (Å²) in [6, 6.07) is 0. The van der Waals surface area contributed by atoms with Gasteiger partial charge in [-0.2, -0.15) is 0 Å². The highest BCUT2D eigenvalue weighted by Gasteiger charge is 2.19. The van der Waals surface area contributed by atoms with E-state index in [0.717, 1.165) is 96.3 Å². The molecule has 0 amide bonds. The normalized spacial score (nSPS) is 12.6. The van der Waals surface area contributed by atoms with Gasteiger partial charge < -0.3 is 14.2 Å². The van der Waals surface area contributed by atoms with Crippen molar-refractivity contribution >= 4 is 17.9 Å². The van der Waals surface area contributed by atoms with Crippen molar-refractivity contribution in [3.8, 4) is 0 Å². The first-order chi connectivity index (χ1) is 31.0.